The Bertz CT molecular complexity index is 1150. The van der Waals surface area contributed by atoms with Gasteiger partial charge < -0.3 is 30.3 Å². The zero-order valence-electron chi connectivity index (χ0n) is 25.6. The van der Waals surface area contributed by atoms with Crippen LogP contribution >= 0.6 is 0 Å². The van der Waals surface area contributed by atoms with Gasteiger partial charge in [-0.25, -0.2) is 0 Å². The minimum absolute atomic E-state index is 0.0993. The van der Waals surface area contributed by atoms with Crippen molar-refractivity contribution in [2.75, 3.05) is 20.3 Å². The van der Waals surface area contributed by atoms with E-state index in [1.54, 1.807) is 24.1 Å². The fourth-order valence-electron chi connectivity index (χ4n) is 5.82. The zero-order valence-corrected chi connectivity index (χ0v) is 25.6. The molecule has 6 atom stereocenters. The molecule has 11 heteroatoms. The number of piperidine rings is 1. The van der Waals surface area contributed by atoms with Crippen molar-refractivity contribution in [2.45, 2.75) is 108 Å². The number of nitrogens with one attached hydrogen (secondary N) is 3. The average molecular weight is 599 g/mol. The molecule has 3 N–H and O–H groups in total. The monoisotopic (exact) mass is 598 g/mol. The highest BCUT2D eigenvalue weighted by Crippen LogP contribution is 2.23. The summed E-state index contributed by atoms with van der Waals surface area (Å²) in [7, 11) is 1.57. The van der Waals surface area contributed by atoms with E-state index in [1.165, 1.54) is 0 Å². The van der Waals surface area contributed by atoms with Crippen LogP contribution in [0.3, 0.4) is 0 Å². The van der Waals surface area contributed by atoms with Crippen molar-refractivity contribution in [3.63, 3.8) is 0 Å². The molecule has 0 spiro atoms. The van der Waals surface area contributed by atoms with E-state index in [1.807, 2.05) is 26.0 Å². The van der Waals surface area contributed by atoms with Crippen molar-refractivity contribution in [3.8, 4) is 5.75 Å². The predicted octanol–water partition coefficient (Wildman–Crippen LogP) is 2.05. The molecule has 0 aromatic heterocycles. The second-order valence-electron chi connectivity index (χ2n) is 12.0. The number of fused-ring (bicyclic) bond motifs is 1. The maximum Gasteiger partial charge on any atom is 0.246 e. The van der Waals surface area contributed by atoms with Gasteiger partial charge in [0.05, 0.1) is 13.7 Å². The van der Waals surface area contributed by atoms with Crippen molar-refractivity contribution < 1.29 is 33.4 Å². The molecule has 4 rings (SSSR count). The summed E-state index contributed by atoms with van der Waals surface area (Å²) in [5.74, 6) is -0.907. The molecule has 0 aliphatic carbocycles. The molecule has 43 heavy (non-hydrogen) atoms. The zero-order chi connectivity index (χ0) is 30.9. The van der Waals surface area contributed by atoms with Crippen LogP contribution in [-0.2, 0) is 35.1 Å². The summed E-state index contributed by atoms with van der Waals surface area (Å²) in [6, 6.07) is 3.86. The van der Waals surface area contributed by atoms with Crippen molar-refractivity contribution in [2.24, 2.45) is 5.92 Å². The van der Waals surface area contributed by atoms with Crippen LogP contribution in [0.4, 0.5) is 0 Å². The van der Waals surface area contributed by atoms with Crippen LogP contribution in [0.5, 0.6) is 5.75 Å². The summed E-state index contributed by atoms with van der Waals surface area (Å²) in [6.45, 7) is 4.78. The number of methoxy groups -OCH3 is 1. The number of ether oxygens (including phenoxy) is 2. The Hall–Kier alpha value is -3.47. The topological polar surface area (TPSA) is 146 Å². The van der Waals surface area contributed by atoms with Gasteiger partial charge in [0, 0.05) is 19.4 Å². The number of ketones is 1. The van der Waals surface area contributed by atoms with E-state index in [9.17, 15) is 24.0 Å². The highest BCUT2D eigenvalue weighted by Gasteiger charge is 2.40. The van der Waals surface area contributed by atoms with Gasteiger partial charge in [-0.1, -0.05) is 45.2 Å². The third-order valence-electron chi connectivity index (χ3n) is 8.84. The van der Waals surface area contributed by atoms with Crippen molar-refractivity contribution >= 4 is 29.4 Å². The Morgan fingerprint density at radius 2 is 1.67 bits per heavy atom. The molecule has 4 amide bonds. The number of benzene rings is 1. The Labute approximate surface area is 253 Å². The number of unbranched alkanes of at least 4 members (excludes halogenated alkanes) is 2. The molecule has 0 bridgehead atoms. The molecule has 3 saturated heterocycles. The number of hydrogen-bond donors (Lipinski definition) is 3. The first kappa shape index (κ1) is 32.4. The molecule has 2 unspecified atom stereocenters. The normalized spacial score (nSPS) is 27.0. The maximum absolute atomic E-state index is 13.9. The Balaban J connectivity index is 1.56. The van der Waals surface area contributed by atoms with Gasteiger partial charge in [-0.15, -0.1) is 0 Å². The van der Waals surface area contributed by atoms with Crippen molar-refractivity contribution in [3.05, 3.63) is 29.8 Å². The number of carbonyl (C=O) groups is 5. The molecule has 0 radical (unpaired) electrons. The maximum atomic E-state index is 13.9. The van der Waals surface area contributed by atoms with Gasteiger partial charge in [0.1, 0.15) is 36.0 Å². The summed E-state index contributed by atoms with van der Waals surface area (Å²) in [5.41, 5.74) is 0.806. The summed E-state index contributed by atoms with van der Waals surface area (Å²) in [5, 5.41) is 8.76. The van der Waals surface area contributed by atoms with Gasteiger partial charge in [0.2, 0.25) is 23.6 Å². The first-order valence-corrected chi connectivity index (χ1v) is 15.7. The highest BCUT2D eigenvalue weighted by molar-refractivity contribution is 5.97. The van der Waals surface area contributed by atoms with Gasteiger partial charge in [-0.3, -0.25) is 24.0 Å². The summed E-state index contributed by atoms with van der Waals surface area (Å²) >= 11 is 0. The second kappa shape index (κ2) is 15.3. The Kier molecular flexibility index (Phi) is 11.6. The lowest BCUT2D eigenvalue weighted by atomic mass is 9.93. The van der Waals surface area contributed by atoms with E-state index >= 15 is 0 Å². The van der Waals surface area contributed by atoms with Crippen molar-refractivity contribution in [1.82, 2.24) is 20.9 Å². The molecule has 236 valence electrons. The van der Waals surface area contributed by atoms with Crippen LogP contribution in [-0.4, -0.2) is 84.8 Å². The number of rotatable bonds is 12. The molecule has 1 aromatic rings. The molecule has 0 saturated carbocycles. The number of hydrogen-bond acceptors (Lipinski definition) is 7. The Morgan fingerprint density at radius 3 is 2.35 bits per heavy atom. The van der Waals surface area contributed by atoms with Crippen molar-refractivity contribution in [1.29, 1.82) is 0 Å². The largest absolute Gasteiger partial charge is 0.497 e. The minimum atomic E-state index is -0.965. The van der Waals surface area contributed by atoms with Crippen LogP contribution < -0.4 is 20.7 Å². The van der Waals surface area contributed by atoms with Gasteiger partial charge in [-0.2, -0.15) is 0 Å². The lowest BCUT2D eigenvalue weighted by Crippen LogP contribution is -2.64. The molecular weight excluding hydrogens is 552 g/mol. The van der Waals surface area contributed by atoms with Crippen LogP contribution in [0, 0.1) is 5.92 Å². The molecule has 3 heterocycles. The van der Waals surface area contributed by atoms with E-state index < -0.39 is 36.0 Å². The molecular formula is C32H46N4O7. The summed E-state index contributed by atoms with van der Waals surface area (Å²) in [4.78, 5) is 68.6. The summed E-state index contributed by atoms with van der Waals surface area (Å²) < 4.78 is 10.3. The standard InChI is InChI=1S/C32H46N4O7/c1-4-20(2)28-32(41)36-17-9-8-11-25(36)31(40)33-23(10-6-5-7-12-26(37)27-19-43-27)29(38)34-24(30(39)35-28)18-21-13-15-22(42-3)16-14-21/h13-16,20,23-25,27-28H,4-12,17-19H2,1-3H3,(H,33,40)(H,34,38)(H,35,39)/t20?,23-,24+,25-,27?,28-/m0/s1. The van der Waals surface area contributed by atoms with Gasteiger partial charge in [-0.05, 0) is 55.7 Å². The fourth-order valence-corrected chi connectivity index (χ4v) is 5.82. The van der Waals surface area contributed by atoms with Gasteiger partial charge >= 0.3 is 0 Å². The van der Waals surface area contributed by atoms with E-state index in [2.05, 4.69) is 16.0 Å². The molecule has 3 aliphatic rings. The number of amides is 4. The van der Waals surface area contributed by atoms with E-state index in [4.69, 9.17) is 9.47 Å². The second-order valence-corrected chi connectivity index (χ2v) is 12.0. The molecule has 3 aliphatic heterocycles. The van der Waals surface area contributed by atoms with Crippen LogP contribution in [0.25, 0.3) is 0 Å². The molecule has 11 nitrogen and oxygen atoms in total. The van der Waals surface area contributed by atoms with E-state index in [0.29, 0.717) is 63.8 Å². The predicted molar refractivity (Wildman–Crippen MR) is 159 cm³/mol. The van der Waals surface area contributed by atoms with Gasteiger partial charge in [0.25, 0.3) is 0 Å². The smallest absolute Gasteiger partial charge is 0.246 e. The minimum Gasteiger partial charge on any atom is -0.497 e. The van der Waals surface area contributed by atoms with Gasteiger partial charge in [0.15, 0.2) is 5.78 Å². The number of nitrogens with zero attached hydrogens (tertiary/aromatic N) is 1. The Morgan fingerprint density at radius 1 is 0.977 bits per heavy atom. The quantitative estimate of drug-likeness (QED) is 0.247. The first-order chi connectivity index (χ1) is 20.7. The first-order valence-electron chi connectivity index (χ1n) is 15.7. The molecule has 1 aromatic carbocycles. The third kappa shape index (κ3) is 8.78. The fraction of sp³-hybridized carbons (Fsp3) is 0.656. The number of epoxide rings is 1. The molecule has 3 fully saturated rings. The van der Waals surface area contributed by atoms with Crippen LogP contribution in [0.1, 0.15) is 77.2 Å². The third-order valence-corrected chi connectivity index (χ3v) is 8.84. The van der Waals surface area contributed by atoms with Crippen LogP contribution in [0.2, 0.25) is 0 Å². The lowest BCUT2D eigenvalue weighted by molar-refractivity contribution is -0.147. The summed E-state index contributed by atoms with van der Waals surface area (Å²) in [6.07, 6.45) is 5.41. The van der Waals surface area contributed by atoms with E-state index in [0.717, 1.165) is 18.4 Å². The van der Waals surface area contributed by atoms with Crippen LogP contribution in [0.15, 0.2) is 24.3 Å². The van der Waals surface area contributed by atoms with E-state index in [-0.39, 0.29) is 36.0 Å². The highest BCUT2D eigenvalue weighted by atomic mass is 16.6. The lowest BCUT2D eigenvalue weighted by Gasteiger charge is -2.39. The number of Topliss-reactive ketones (excluding diaryl/α,β-unsaturated/α-hetero) is 1. The SMILES string of the molecule is CCC(C)[C@@H]1NC(=O)[C@@H](Cc2ccc(OC)cc2)NC(=O)[C@H](CCCCCC(=O)C2CO2)NC(=O)[C@@H]2CCCCN2C1=O. The average Bonchev–Trinajstić information content (AvgIpc) is 3.87. The number of carbonyl (C=O) groups excluding carboxylic acids is 5.